The third-order valence-corrected chi connectivity index (χ3v) is 4.88. The molecule has 134 valence electrons. The molecule has 0 bridgehead atoms. The zero-order valence-electron chi connectivity index (χ0n) is 14.9. The summed E-state index contributed by atoms with van der Waals surface area (Å²) < 4.78 is 5.44. The van der Waals surface area contributed by atoms with Gasteiger partial charge in [-0.25, -0.2) is 0 Å². The van der Waals surface area contributed by atoms with Gasteiger partial charge in [-0.05, 0) is 50.2 Å². The third-order valence-electron chi connectivity index (χ3n) is 4.51. The highest BCUT2D eigenvalue weighted by Gasteiger charge is 2.15. The standard InChI is InChI=1S/C19H30ClN3O/c1-3-21-19(22-12-8-17-6-4-5-7-18(17)20)23(2)13-9-16-10-14-24-15-11-16/h4-7,16H,3,8-15H2,1-2H3,(H,21,22). The number of benzene rings is 1. The van der Waals surface area contributed by atoms with E-state index in [1.54, 1.807) is 0 Å². The van der Waals surface area contributed by atoms with Crippen LogP contribution in [0.1, 0.15) is 31.7 Å². The maximum atomic E-state index is 6.21. The quantitative estimate of drug-likeness (QED) is 0.602. The molecule has 1 N–H and O–H groups in total. The molecule has 1 aliphatic rings. The molecule has 4 nitrogen and oxygen atoms in total. The lowest BCUT2D eigenvalue weighted by Gasteiger charge is -2.26. The first-order chi connectivity index (χ1) is 11.7. The number of nitrogens with one attached hydrogen (secondary N) is 1. The van der Waals surface area contributed by atoms with Gasteiger partial charge in [0.15, 0.2) is 5.96 Å². The van der Waals surface area contributed by atoms with E-state index in [1.165, 1.54) is 19.3 Å². The maximum absolute atomic E-state index is 6.21. The van der Waals surface area contributed by atoms with Gasteiger partial charge in [0.05, 0.1) is 0 Å². The number of hydrogen-bond acceptors (Lipinski definition) is 2. The van der Waals surface area contributed by atoms with E-state index < -0.39 is 0 Å². The molecule has 24 heavy (non-hydrogen) atoms. The van der Waals surface area contributed by atoms with Crippen molar-refractivity contribution in [1.82, 2.24) is 10.2 Å². The van der Waals surface area contributed by atoms with Crippen molar-refractivity contribution in [3.05, 3.63) is 34.9 Å². The highest BCUT2D eigenvalue weighted by Crippen LogP contribution is 2.18. The van der Waals surface area contributed by atoms with Crippen molar-refractivity contribution in [1.29, 1.82) is 0 Å². The molecule has 2 rings (SSSR count). The van der Waals surface area contributed by atoms with Crippen molar-refractivity contribution in [2.75, 3.05) is 39.9 Å². The molecule has 1 aromatic rings. The van der Waals surface area contributed by atoms with Gasteiger partial charge in [-0.1, -0.05) is 29.8 Å². The maximum Gasteiger partial charge on any atom is 0.193 e. The SMILES string of the molecule is CCNC(=NCCc1ccccc1Cl)N(C)CCC1CCOCC1. The summed E-state index contributed by atoms with van der Waals surface area (Å²) in [6, 6.07) is 7.99. The van der Waals surface area contributed by atoms with E-state index in [-0.39, 0.29) is 0 Å². The Balaban J connectivity index is 1.83. The molecule has 1 heterocycles. The number of aliphatic imine (C=N–C) groups is 1. The molecule has 1 aliphatic heterocycles. The van der Waals surface area contributed by atoms with Gasteiger partial charge < -0.3 is 15.0 Å². The van der Waals surface area contributed by atoms with Crippen LogP contribution in [-0.2, 0) is 11.2 Å². The third kappa shape index (κ3) is 6.33. The van der Waals surface area contributed by atoms with E-state index in [0.717, 1.165) is 61.7 Å². The van der Waals surface area contributed by atoms with Crippen LogP contribution in [0, 0.1) is 5.92 Å². The van der Waals surface area contributed by atoms with E-state index in [4.69, 9.17) is 21.3 Å². The van der Waals surface area contributed by atoms with Gasteiger partial charge in [0.25, 0.3) is 0 Å². The Labute approximate surface area is 151 Å². The highest BCUT2D eigenvalue weighted by atomic mass is 35.5. The minimum absolute atomic E-state index is 0.744. The van der Waals surface area contributed by atoms with E-state index in [0.29, 0.717) is 0 Å². The molecular weight excluding hydrogens is 322 g/mol. The molecule has 1 aromatic carbocycles. The van der Waals surface area contributed by atoms with Gasteiger partial charge in [0.1, 0.15) is 0 Å². The molecule has 0 aliphatic carbocycles. The summed E-state index contributed by atoms with van der Waals surface area (Å²) in [6.45, 7) is 6.60. The molecule has 0 spiro atoms. The summed E-state index contributed by atoms with van der Waals surface area (Å²) in [5.41, 5.74) is 1.16. The van der Waals surface area contributed by atoms with Crippen LogP contribution >= 0.6 is 11.6 Å². The van der Waals surface area contributed by atoms with Gasteiger partial charge in [-0.3, -0.25) is 4.99 Å². The predicted octanol–water partition coefficient (Wildman–Crippen LogP) is 3.60. The Morgan fingerprint density at radius 2 is 2.08 bits per heavy atom. The zero-order valence-corrected chi connectivity index (χ0v) is 15.7. The lowest BCUT2D eigenvalue weighted by Crippen LogP contribution is -2.40. The summed E-state index contributed by atoms with van der Waals surface area (Å²) in [5, 5.41) is 4.21. The average molecular weight is 352 g/mol. The predicted molar refractivity (Wildman–Crippen MR) is 102 cm³/mol. The average Bonchev–Trinajstić information content (AvgIpc) is 2.61. The van der Waals surface area contributed by atoms with Crippen LogP contribution in [0.5, 0.6) is 0 Å². The number of nitrogens with zero attached hydrogens (tertiary/aromatic N) is 2. The smallest absolute Gasteiger partial charge is 0.193 e. The normalized spacial score (nSPS) is 16.2. The minimum atomic E-state index is 0.744. The van der Waals surface area contributed by atoms with E-state index in [9.17, 15) is 0 Å². The highest BCUT2D eigenvalue weighted by molar-refractivity contribution is 6.31. The fourth-order valence-corrected chi connectivity index (χ4v) is 3.20. The van der Waals surface area contributed by atoms with Gasteiger partial charge in [-0.15, -0.1) is 0 Å². The summed E-state index contributed by atoms with van der Waals surface area (Å²) in [4.78, 5) is 7.00. The van der Waals surface area contributed by atoms with E-state index >= 15 is 0 Å². The molecular formula is C19H30ClN3O. The molecule has 0 amide bonds. The van der Waals surface area contributed by atoms with Crippen LogP contribution in [-0.4, -0.2) is 50.8 Å². The van der Waals surface area contributed by atoms with Crippen molar-refractivity contribution in [2.24, 2.45) is 10.9 Å². The molecule has 5 heteroatoms. The van der Waals surface area contributed by atoms with Gasteiger partial charge in [0.2, 0.25) is 0 Å². The fourth-order valence-electron chi connectivity index (χ4n) is 2.97. The lowest BCUT2D eigenvalue weighted by atomic mass is 9.96. The summed E-state index contributed by atoms with van der Waals surface area (Å²) in [6.07, 6.45) is 4.44. The van der Waals surface area contributed by atoms with Crippen LogP contribution in [0.2, 0.25) is 5.02 Å². The van der Waals surface area contributed by atoms with Crippen LogP contribution in [0.3, 0.4) is 0 Å². The van der Waals surface area contributed by atoms with Gasteiger partial charge in [0, 0.05) is 44.9 Å². The van der Waals surface area contributed by atoms with Crippen molar-refractivity contribution in [3.8, 4) is 0 Å². The summed E-state index contributed by atoms with van der Waals surface area (Å²) >= 11 is 6.21. The van der Waals surface area contributed by atoms with Crippen LogP contribution in [0.15, 0.2) is 29.3 Å². The lowest BCUT2D eigenvalue weighted by molar-refractivity contribution is 0.0625. The second-order valence-corrected chi connectivity index (χ2v) is 6.75. The summed E-state index contributed by atoms with van der Waals surface area (Å²) in [5.74, 6) is 1.77. The largest absolute Gasteiger partial charge is 0.381 e. The Hall–Kier alpha value is -1.26. The summed E-state index contributed by atoms with van der Waals surface area (Å²) in [7, 11) is 2.12. The van der Waals surface area contributed by atoms with Crippen molar-refractivity contribution in [2.45, 2.75) is 32.6 Å². The Kier molecular flexibility index (Phi) is 8.40. The second-order valence-electron chi connectivity index (χ2n) is 6.34. The van der Waals surface area contributed by atoms with Crippen molar-refractivity contribution >= 4 is 17.6 Å². The van der Waals surface area contributed by atoms with Crippen molar-refractivity contribution < 1.29 is 4.74 Å². The minimum Gasteiger partial charge on any atom is -0.381 e. The fraction of sp³-hybridized carbons (Fsp3) is 0.632. The number of hydrogen-bond donors (Lipinski definition) is 1. The second kappa shape index (κ2) is 10.6. The molecule has 0 saturated carbocycles. The molecule has 0 atom stereocenters. The Morgan fingerprint density at radius 3 is 2.79 bits per heavy atom. The number of guanidine groups is 1. The van der Waals surface area contributed by atoms with E-state index in [2.05, 4.69) is 30.3 Å². The molecule has 0 unspecified atom stereocenters. The number of halogens is 1. The van der Waals surface area contributed by atoms with Crippen LogP contribution in [0.4, 0.5) is 0 Å². The molecule has 0 aromatic heterocycles. The van der Waals surface area contributed by atoms with Crippen LogP contribution < -0.4 is 5.32 Å². The molecule has 0 radical (unpaired) electrons. The van der Waals surface area contributed by atoms with Gasteiger partial charge >= 0.3 is 0 Å². The molecule has 1 saturated heterocycles. The van der Waals surface area contributed by atoms with Gasteiger partial charge in [-0.2, -0.15) is 0 Å². The Morgan fingerprint density at radius 1 is 1.33 bits per heavy atom. The monoisotopic (exact) mass is 351 g/mol. The van der Waals surface area contributed by atoms with Crippen molar-refractivity contribution in [3.63, 3.8) is 0 Å². The Bertz CT molecular complexity index is 515. The first kappa shape index (κ1) is 19.1. The van der Waals surface area contributed by atoms with E-state index in [1.807, 2.05) is 18.2 Å². The topological polar surface area (TPSA) is 36.9 Å². The molecule has 1 fully saturated rings. The number of rotatable bonds is 7. The first-order valence-corrected chi connectivity index (χ1v) is 9.39. The first-order valence-electron chi connectivity index (χ1n) is 9.01. The number of ether oxygens (including phenoxy) is 1. The zero-order chi connectivity index (χ0) is 17.2. The van der Waals surface area contributed by atoms with Crippen LogP contribution in [0.25, 0.3) is 0 Å².